The Morgan fingerprint density at radius 3 is 1.79 bits per heavy atom. The third kappa shape index (κ3) is 5.20. The predicted octanol–water partition coefficient (Wildman–Crippen LogP) is 13.8. The maximum absolute atomic E-state index is 5.21. The van der Waals surface area contributed by atoms with Crippen molar-refractivity contribution in [1.82, 2.24) is 24.5 Å². The van der Waals surface area contributed by atoms with Gasteiger partial charge < -0.3 is 4.57 Å². The summed E-state index contributed by atoms with van der Waals surface area (Å²) < 4.78 is 7.26. The van der Waals surface area contributed by atoms with Crippen LogP contribution < -0.4 is 0 Å². The van der Waals surface area contributed by atoms with Crippen LogP contribution in [0.15, 0.2) is 176 Å². The van der Waals surface area contributed by atoms with Gasteiger partial charge in [0, 0.05) is 81.2 Å². The van der Waals surface area contributed by atoms with Crippen LogP contribution in [0.2, 0.25) is 0 Å². The molecule has 5 aromatic heterocycles. The number of aromatic nitrogens is 5. The quantitative estimate of drug-likeness (QED) is 0.175. The van der Waals surface area contributed by atoms with Crippen LogP contribution in [0.25, 0.3) is 113 Å². The first-order valence-corrected chi connectivity index (χ1v) is 20.5. The van der Waals surface area contributed by atoms with Crippen LogP contribution in [0.1, 0.15) is 0 Å². The number of para-hydroxylation sites is 1. The van der Waals surface area contributed by atoms with Gasteiger partial charge in [0.15, 0.2) is 17.5 Å². The normalized spacial score (nSPS) is 11.9. The summed E-state index contributed by atoms with van der Waals surface area (Å²) in [5.74, 6) is 1.91. The highest BCUT2D eigenvalue weighted by atomic mass is 32.1. The molecular weight excluding hydrogens is 735 g/mol. The van der Waals surface area contributed by atoms with E-state index in [1.54, 1.807) is 11.3 Å². The van der Waals surface area contributed by atoms with E-state index in [0.717, 1.165) is 53.6 Å². The van der Waals surface area contributed by atoms with Crippen LogP contribution in [0, 0.1) is 0 Å². The maximum Gasteiger partial charge on any atom is 0.165 e. The first kappa shape index (κ1) is 32.2. The fourth-order valence-corrected chi connectivity index (χ4v) is 10.5. The van der Waals surface area contributed by atoms with Gasteiger partial charge >= 0.3 is 0 Å². The Morgan fingerprint density at radius 2 is 1.00 bits per heavy atom. The molecule has 0 amide bonds. The first-order chi connectivity index (χ1) is 28.2. The minimum atomic E-state index is 0.633. The summed E-state index contributed by atoms with van der Waals surface area (Å²) in [4.78, 5) is 19.9. The van der Waals surface area contributed by atoms with Gasteiger partial charge in [0.1, 0.15) is 0 Å². The molecule has 5 heterocycles. The second-order valence-electron chi connectivity index (χ2n) is 14.3. The summed E-state index contributed by atoms with van der Waals surface area (Å²) in [5, 5.41) is 7.33. The Balaban J connectivity index is 1.11. The molecule has 7 aromatic carbocycles. The minimum Gasteiger partial charge on any atom is -0.309 e. The van der Waals surface area contributed by atoms with Crippen molar-refractivity contribution >= 4 is 84.8 Å². The Kier molecular flexibility index (Phi) is 7.20. The monoisotopic (exact) mass is 763 g/mol. The number of rotatable bonds is 5. The molecule has 0 spiro atoms. The third-order valence-corrected chi connectivity index (χ3v) is 13.3. The Hall–Kier alpha value is -7.06. The van der Waals surface area contributed by atoms with Gasteiger partial charge in [-0.15, -0.1) is 22.7 Å². The molecule has 0 aliphatic heterocycles. The van der Waals surface area contributed by atoms with Crippen molar-refractivity contribution < 1.29 is 0 Å². The van der Waals surface area contributed by atoms with E-state index in [1.165, 1.54) is 42.1 Å². The van der Waals surface area contributed by atoms with Crippen LogP contribution in [-0.2, 0) is 0 Å². The van der Waals surface area contributed by atoms with E-state index in [1.807, 2.05) is 60.1 Å². The summed E-state index contributed by atoms with van der Waals surface area (Å²) in [7, 11) is 0. The van der Waals surface area contributed by atoms with Crippen molar-refractivity contribution in [1.29, 1.82) is 0 Å². The van der Waals surface area contributed by atoms with Crippen LogP contribution in [0.4, 0.5) is 0 Å². The SMILES string of the molecule is c1ccc(-c2nc(-c3ccccc3)nc(-c3cc(-n4c5ccccc5c5cc(-c6ccc7sc8ccccc8c7c6)ccc54)cc4c3sc3cnccc34)n2)cc1. The van der Waals surface area contributed by atoms with Crippen molar-refractivity contribution in [2.75, 3.05) is 0 Å². The highest BCUT2D eigenvalue weighted by Crippen LogP contribution is 2.44. The van der Waals surface area contributed by atoms with E-state index in [4.69, 9.17) is 15.0 Å². The van der Waals surface area contributed by atoms with Crippen molar-refractivity contribution in [2.24, 2.45) is 0 Å². The smallest absolute Gasteiger partial charge is 0.165 e. The van der Waals surface area contributed by atoms with E-state index in [9.17, 15) is 0 Å². The standard InChI is InChI=1S/C50H29N5S2/c1-3-11-30(12-4-1)48-52-49(31-13-5-2-6-14-31)54-50(53-48)41-28-34(27-40-37-23-24-51-29-46(37)57-47(40)41)55-42-17-9-7-15-35(42)38-25-32(19-21-43(38)55)33-20-22-45-39(26-33)36-16-8-10-18-44(36)56-45/h1-29H. The van der Waals surface area contributed by atoms with Gasteiger partial charge in [-0.05, 0) is 65.7 Å². The molecule has 12 aromatic rings. The van der Waals surface area contributed by atoms with E-state index >= 15 is 0 Å². The van der Waals surface area contributed by atoms with E-state index in [-0.39, 0.29) is 0 Å². The molecule has 7 heteroatoms. The fraction of sp³-hybridized carbons (Fsp3) is 0. The molecule has 0 saturated carbocycles. The first-order valence-electron chi connectivity index (χ1n) is 18.9. The molecule has 0 saturated heterocycles. The molecule has 0 aliphatic carbocycles. The van der Waals surface area contributed by atoms with Crippen molar-refractivity contribution in [3.8, 4) is 51.0 Å². The van der Waals surface area contributed by atoms with Gasteiger partial charge in [-0.2, -0.15) is 0 Å². The van der Waals surface area contributed by atoms with Gasteiger partial charge in [-0.1, -0.05) is 109 Å². The summed E-state index contributed by atoms with van der Waals surface area (Å²) >= 11 is 3.58. The number of thiophene rings is 2. The van der Waals surface area contributed by atoms with Gasteiger partial charge in [0.05, 0.1) is 15.7 Å². The van der Waals surface area contributed by atoms with Gasteiger partial charge in [-0.25, -0.2) is 15.0 Å². The lowest BCUT2D eigenvalue weighted by Crippen LogP contribution is -2.01. The largest absolute Gasteiger partial charge is 0.309 e. The highest BCUT2D eigenvalue weighted by molar-refractivity contribution is 7.26. The summed E-state index contributed by atoms with van der Waals surface area (Å²) in [6.45, 7) is 0. The number of hydrogen-bond donors (Lipinski definition) is 0. The molecule has 0 radical (unpaired) electrons. The lowest BCUT2D eigenvalue weighted by atomic mass is 10.0. The van der Waals surface area contributed by atoms with E-state index in [2.05, 4.69) is 137 Å². The number of nitrogens with zero attached hydrogens (tertiary/aromatic N) is 5. The zero-order valence-electron chi connectivity index (χ0n) is 30.3. The molecule has 0 fully saturated rings. The van der Waals surface area contributed by atoms with Crippen molar-refractivity contribution in [3.63, 3.8) is 0 Å². The van der Waals surface area contributed by atoms with Gasteiger partial charge in [0.2, 0.25) is 0 Å². The van der Waals surface area contributed by atoms with Crippen molar-refractivity contribution in [3.05, 3.63) is 176 Å². The zero-order valence-corrected chi connectivity index (χ0v) is 31.9. The number of pyridine rings is 1. The average molecular weight is 764 g/mol. The van der Waals surface area contributed by atoms with E-state index < -0.39 is 0 Å². The number of fused-ring (bicyclic) bond motifs is 9. The number of benzene rings is 7. The molecule has 266 valence electrons. The summed E-state index contributed by atoms with van der Waals surface area (Å²) in [5.41, 5.74) is 8.57. The molecule has 0 aliphatic rings. The minimum absolute atomic E-state index is 0.633. The Bertz CT molecular complexity index is 3470. The molecule has 12 rings (SSSR count). The summed E-state index contributed by atoms with van der Waals surface area (Å²) in [6.07, 6.45) is 3.84. The van der Waals surface area contributed by atoms with Crippen LogP contribution in [0.3, 0.4) is 0 Å². The van der Waals surface area contributed by atoms with Crippen LogP contribution >= 0.6 is 22.7 Å². The van der Waals surface area contributed by atoms with Crippen LogP contribution in [0.5, 0.6) is 0 Å². The highest BCUT2D eigenvalue weighted by Gasteiger charge is 2.21. The average Bonchev–Trinajstić information content (AvgIpc) is 3.95. The second-order valence-corrected chi connectivity index (χ2v) is 16.4. The summed E-state index contributed by atoms with van der Waals surface area (Å²) in [6, 6.07) is 58.3. The number of hydrogen-bond acceptors (Lipinski definition) is 6. The van der Waals surface area contributed by atoms with Gasteiger partial charge in [0.25, 0.3) is 0 Å². The molecule has 0 unspecified atom stereocenters. The maximum atomic E-state index is 5.21. The molecule has 5 nitrogen and oxygen atoms in total. The predicted molar refractivity (Wildman–Crippen MR) is 239 cm³/mol. The Labute approximate surface area is 334 Å². The third-order valence-electron chi connectivity index (χ3n) is 10.9. The molecule has 0 bridgehead atoms. The Morgan fingerprint density at radius 1 is 0.386 bits per heavy atom. The lowest BCUT2D eigenvalue weighted by Gasteiger charge is -2.13. The zero-order chi connectivity index (χ0) is 37.5. The second kappa shape index (κ2) is 12.7. The van der Waals surface area contributed by atoms with Crippen LogP contribution in [-0.4, -0.2) is 24.5 Å². The lowest BCUT2D eigenvalue weighted by molar-refractivity contribution is 1.07. The van der Waals surface area contributed by atoms with Gasteiger partial charge in [-0.3, -0.25) is 4.98 Å². The molecule has 0 atom stereocenters. The molecular formula is C50H29N5S2. The molecule has 57 heavy (non-hydrogen) atoms. The fourth-order valence-electron chi connectivity index (χ4n) is 8.28. The molecule has 0 N–H and O–H groups in total. The van der Waals surface area contributed by atoms with Crippen molar-refractivity contribution in [2.45, 2.75) is 0 Å². The topological polar surface area (TPSA) is 56.5 Å². The van der Waals surface area contributed by atoms with E-state index in [0.29, 0.717) is 17.5 Å².